The molecule has 1 unspecified atom stereocenters. The van der Waals surface area contributed by atoms with Crippen LogP contribution in [-0.4, -0.2) is 58.9 Å². The molecule has 8 nitrogen and oxygen atoms in total. The van der Waals surface area contributed by atoms with Gasteiger partial charge in [-0.3, -0.25) is 14.5 Å². The summed E-state index contributed by atoms with van der Waals surface area (Å²) < 4.78 is 0. The molecule has 20 heavy (non-hydrogen) atoms. The lowest BCUT2D eigenvalue weighted by Crippen LogP contribution is -2.48. The van der Waals surface area contributed by atoms with Crippen LogP contribution in [0, 0.1) is 0 Å². The first-order valence-electron chi connectivity index (χ1n) is 6.04. The van der Waals surface area contributed by atoms with E-state index < -0.39 is 6.04 Å². The normalized spacial score (nSPS) is 19.2. The smallest absolute Gasteiger partial charge is 0.251 e. The van der Waals surface area contributed by atoms with E-state index >= 15 is 0 Å². The largest absolute Gasteiger partial charge is 0.347 e. The Kier molecular flexibility index (Phi) is 4.03. The number of imide groups is 1. The van der Waals surface area contributed by atoms with E-state index in [2.05, 4.69) is 20.3 Å². The van der Waals surface area contributed by atoms with Crippen molar-refractivity contribution in [3.8, 4) is 0 Å². The molecular formula is C11H15ClN6O2. The van der Waals surface area contributed by atoms with Crippen LogP contribution < -0.4 is 10.2 Å². The Morgan fingerprint density at radius 1 is 1.30 bits per heavy atom. The molecule has 2 amide bonds. The lowest BCUT2D eigenvalue weighted by Gasteiger charge is -2.28. The molecular weight excluding hydrogens is 284 g/mol. The second-order valence-electron chi connectivity index (χ2n) is 4.65. The number of piperidine rings is 1. The average molecular weight is 299 g/mol. The topological polar surface area (TPSA) is 91.3 Å². The van der Waals surface area contributed by atoms with Crippen molar-refractivity contribution in [3.05, 3.63) is 5.28 Å². The number of anilines is 2. The maximum absolute atomic E-state index is 12.0. The van der Waals surface area contributed by atoms with E-state index in [4.69, 9.17) is 11.6 Å². The predicted octanol–water partition coefficient (Wildman–Crippen LogP) is 0.150. The molecule has 2 rings (SSSR count). The number of carbonyl (C=O) groups excluding carboxylic acids is 2. The van der Waals surface area contributed by atoms with Crippen LogP contribution >= 0.6 is 11.6 Å². The van der Waals surface area contributed by atoms with Gasteiger partial charge in [-0.25, -0.2) is 0 Å². The van der Waals surface area contributed by atoms with Crippen LogP contribution in [0.1, 0.15) is 12.8 Å². The molecule has 0 spiro atoms. The predicted molar refractivity (Wildman–Crippen MR) is 73.6 cm³/mol. The number of carbonyl (C=O) groups is 2. The zero-order chi connectivity index (χ0) is 14.9. The summed E-state index contributed by atoms with van der Waals surface area (Å²) >= 11 is 5.82. The van der Waals surface area contributed by atoms with Gasteiger partial charge >= 0.3 is 0 Å². The molecule has 9 heteroatoms. The molecule has 0 saturated carbocycles. The van der Waals surface area contributed by atoms with Crippen molar-refractivity contribution in [1.29, 1.82) is 0 Å². The number of rotatable bonds is 3. The molecule has 1 N–H and O–H groups in total. The van der Waals surface area contributed by atoms with Gasteiger partial charge in [0, 0.05) is 27.6 Å². The van der Waals surface area contributed by atoms with Crippen molar-refractivity contribution in [1.82, 2.24) is 19.9 Å². The summed E-state index contributed by atoms with van der Waals surface area (Å²) in [6, 6.07) is -0.536. The van der Waals surface area contributed by atoms with Crippen LogP contribution in [0.4, 0.5) is 11.9 Å². The summed E-state index contributed by atoms with van der Waals surface area (Å²) in [4.78, 5) is 38.2. The van der Waals surface area contributed by atoms with E-state index in [1.165, 1.54) is 7.05 Å². The van der Waals surface area contributed by atoms with Gasteiger partial charge in [-0.15, -0.1) is 0 Å². The fourth-order valence-corrected chi connectivity index (χ4v) is 1.97. The van der Waals surface area contributed by atoms with Crippen molar-refractivity contribution in [2.45, 2.75) is 18.9 Å². The van der Waals surface area contributed by atoms with Crippen molar-refractivity contribution in [2.75, 3.05) is 31.4 Å². The maximum Gasteiger partial charge on any atom is 0.251 e. The first-order valence-corrected chi connectivity index (χ1v) is 6.42. The SMILES string of the molecule is CN1C(=O)CCC(Nc2nc(Cl)nc(N(C)C)n2)C1=O. The Morgan fingerprint density at radius 2 is 2.00 bits per heavy atom. The zero-order valence-electron chi connectivity index (χ0n) is 11.4. The fourth-order valence-electron chi connectivity index (χ4n) is 1.81. The van der Waals surface area contributed by atoms with Gasteiger partial charge in [0.1, 0.15) is 6.04 Å². The Morgan fingerprint density at radius 3 is 2.65 bits per heavy atom. The van der Waals surface area contributed by atoms with Crippen LogP contribution in [0.2, 0.25) is 5.28 Å². The number of likely N-dealkylation sites (tertiary alicyclic amines) is 1. The highest BCUT2D eigenvalue weighted by atomic mass is 35.5. The molecule has 0 bridgehead atoms. The molecule has 1 aliphatic rings. The third kappa shape index (κ3) is 2.96. The molecule has 2 heterocycles. The first-order chi connectivity index (χ1) is 9.38. The van der Waals surface area contributed by atoms with Gasteiger partial charge in [0.2, 0.25) is 23.1 Å². The molecule has 1 aromatic rings. The van der Waals surface area contributed by atoms with E-state index in [1.54, 1.807) is 19.0 Å². The Bertz CT molecular complexity index is 550. The third-order valence-corrected chi connectivity index (χ3v) is 3.12. The molecule has 1 saturated heterocycles. The van der Waals surface area contributed by atoms with Gasteiger partial charge in [-0.05, 0) is 18.0 Å². The van der Waals surface area contributed by atoms with E-state index in [9.17, 15) is 9.59 Å². The highest BCUT2D eigenvalue weighted by Gasteiger charge is 2.32. The number of likely N-dealkylation sites (N-methyl/N-ethyl adjacent to an activating group) is 1. The average Bonchev–Trinajstić information content (AvgIpc) is 2.39. The van der Waals surface area contributed by atoms with E-state index in [-0.39, 0.29) is 23.0 Å². The van der Waals surface area contributed by atoms with Crippen LogP contribution in [0.25, 0.3) is 0 Å². The minimum absolute atomic E-state index is 0.0406. The molecule has 108 valence electrons. The zero-order valence-corrected chi connectivity index (χ0v) is 12.2. The highest BCUT2D eigenvalue weighted by molar-refractivity contribution is 6.28. The van der Waals surface area contributed by atoms with Crippen molar-refractivity contribution >= 4 is 35.3 Å². The maximum atomic E-state index is 12.0. The summed E-state index contributed by atoms with van der Waals surface area (Å²) in [7, 11) is 5.01. The molecule has 1 aliphatic heterocycles. The minimum Gasteiger partial charge on any atom is -0.347 e. The Hall–Kier alpha value is -1.96. The van der Waals surface area contributed by atoms with Crippen molar-refractivity contribution in [3.63, 3.8) is 0 Å². The van der Waals surface area contributed by atoms with Crippen molar-refractivity contribution in [2.24, 2.45) is 0 Å². The van der Waals surface area contributed by atoms with Crippen LogP contribution in [0.3, 0.4) is 0 Å². The number of amides is 2. The molecule has 0 aromatic carbocycles. The standard InChI is InChI=1S/C11H15ClN6O2/c1-17(2)11-15-9(12)14-10(16-11)13-6-4-5-7(19)18(3)8(6)20/h6H,4-5H2,1-3H3,(H,13,14,15,16). The lowest BCUT2D eigenvalue weighted by atomic mass is 10.1. The Balaban J connectivity index is 2.18. The fraction of sp³-hybridized carbons (Fsp3) is 0.545. The van der Waals surface area contributed by atoms with E-state index in [1.807, 2.05) is 0 Å². The Labute approximate surface area is 121 Å². The quantitative estimate of drug-likeness (QED) is 0.794. The number of hydrogen-bond acceptors (Lipinski definition) is 7. The summed E-state index contributed by atoms with van der Waals surface area (Å²) in [5.41, 5.74) is 0. The second-order valence-corrected chi connectivity index (χ2v) is 4.99. The van der Waals surface area contributed by atoms with Crippen LogP contribution in [0.15, 0.2) is 0 Å². The number of hydrogen-bond donors (Lipinski definition) is 1. The minimum atomic E-state index is -0.536. The van der Waals surface area contributed by atoms with Crippen molar-refractivity contribution < 1.29 is 9.59 Å². The molecule has 1 atom stereocenters. The van der Waals surface area contributed by atoms with Crippen LogP contribution in [-0.2, 0) is 9.59 Å². The first kappa shape index (κ1) is 14.4. The van der Waals surface area contributed by atoms with Gasteiger partial charge < -0.3 is 10.2 Å². The molecule has 1 fully saturated rings. The lowest BCUT2D eigenvalue weighted by molar-refractivity contribution is -0.146. The number of halogens is 1. The molecule has 1 aromatic heterocycles. The van der Waals surface area contributed by atoms with Gasteiger partial charge in [-0.2, -0.15) is 15.0 Å². The van der Waals surface area contributed by atoms with Gasteiger partial charge in [0.05, 0.1) is 0 Å². The van der Waals surface area contributed by atoms with E-state index in [0.29, 0.717) is 18.8 Å². The number of nitrogens with one attached hydrogen (secondary N) is 1. The molecule has 0 aliphatic carbocycles. The number of nitrogens with zero attached hydrogens (tertiary/aromatic N) is 5. The third-order valence-electron chi connectivity index (χ3n) is 2.95. The summed E-state index contributed by atoms with van der Waals surface area (Å²) in [6.45, 7) is 0. The molecule has 0 radical (unpaired) electrons. The van der Waals surface area contributed by atoms with Gasteiger partial charge in [0.25, 0.3) is 5.91 Å². The summed E-state index contributed by atoms with van der Waals surface area (Å²) in [6.07, 6.45) is 0.710. The summed E-state index contributed by atoms with van der Waals surface area (Å²) in [5.74, 6) is 0.120. The van der Waals surface area contributed by atoms with Gasteiger partial charge in [0.15, 0.2) is 0 Å². The second kappa shape index (κ2) is 5.58. The monoisotopic (exact) mass is 298 g/mol. The van der Waals surface area contributed by atoms with Gasteiger partial charge in [-0.1, -0.05) is 0 Å². The number of aromatic nitrogens is 3. The van der Waals surface area contributed by atoms with Crippen LogP contribution in [0.5, 0.6) is 0 Å². The van der Waals surface area contributed by atoms with E-state index in [0.717, 1.165) is 4.90 Å². The summed E-state index contributed by atoms with van der Waals surface area (Å²) in [5, 5.41) is 2.94. The highest BCUT2D eigenvalue weighted by Crippen LogP contribution is 2.17.